The summed E-state index contributed by atoms with van der Waals surface area (Å²) >= 11 is 0. The average Bonchev–Trinajstić information content (AvgIpc) is 2.90. The van der Waals surface area contributed by atoms with Gasteiger partial charge >= 0.3 is 5.97 Å². The van der Waals surface area contributed by atoms with Crippen molar-refractivity contribution in [3.05, 3.63) is 0 Å². The predicted octanol–water partition coefficient (Wildman–Crippen LogP) is 1.20. The van der Waals surface area contributed by atoms with Gasteiger partial charge < -0.3 is 5.11 Å². The van der Waals surface area contributed by atoms with E-state index in [2.05, 4.69) is 6.07 Å². The van der Waals surface area contributed by atoms with Crippen molar-refractivity contribution in [3.8, 4) is 6.07 Å². The maximum atomic E-state index is 12.4. The second-order valence-corrected chi connectivity index (χ2v) is 7.86. The van der Waals surface area contributed by atoms with Gasteiger partial charge in [-0.1, -0.05) is 19.3 Å². The van der Waals surface area contributed by atoms with Gasteiger partial charge in [0.05, 0.1) is 23.2 Å². The van der Waals surface area contributed by atoms with Gasteiger partial charge in [0, 0.05) is 13.1 Å². The van der Waals surface area contributed by atoms with Crippen LogP contribution >= 0.6 is 0 Å². The summed E-state index contributed by atoms with van der Waals surface area (Å²) in [5, 5.41) is 18.3. The molecule has 7 heteroatoms. The minimum atomic E-state index is -3.55. The monoisotopic (exact) mass is 300 g/mol. The maximum absolute atomic E-state index is 12.4. The minimum Gasteiger partial charge on any atom is -0.481 e. The Morgan fingerprint density at radius 1 is 1.35 bits per heavy atom. The van der Waals surface area contributed by atoms with Crippen LogP contribution in [-0.4, -0.2) is 42.6 Å². The van der Waals surface area contributed by atoms with Crippen LogP contribution in [0.2, 0.25) is 0 Å². The normalized spacial score (nSPS) is 27.1. The molecule has 1 N–H and O–H groups in total. The molecule has 0 aromatic carbocycles. The molecule has 1 aliphatic heterocycles. The Labute approximate surface area is 119 Å². The van der Waals surface area contributed by atoms with Gasteiger partial charge in [-0.25, -0.2) is 12.7 Å². The second kappa shape index (κ2) is 5.70. The van der Waals surface area contributed by atoms with E-state index in [0.29, 0.717) is 19.3 Å². The molecule has 0 spiro atoms. The summed E-state index contributed by atoms with van der Waals surface area (Å²) in [4.78, 5) is 10.9. The van der Waals surface area contributed by atoms with Crippen molar-refractivity contribution >= 4 is 16.0 Å². The van der Waals surface area contributed by atoms with E-state index in [1.807, 2.05) is 0 Å². The molecule has 1 saturated heterocycles. The van der Waals surface area contributed by atoms with Crippen molar-refractivity contribution in [3.63, 3.8) is 0 Å². The number of hydrogen-bond donors (Lipinski definition) is 1. The SMILES string of the molecule is N#CC1(CS(=O)(=O)N2CCC(C(=O)O)C2)CCCCC1. The van der Waals surface area contributed by atoms with Gasteiger partial charge in [-0.2, -0.15) is 5.26 Å². The van der Waals surface area contributed by atoms with Gasteiger partial charge in [-0.05, 0) is 19.3 Å². The van der Waals surface area contributed by atoms with Crippen LogP contribution in [-0.2, 0) is 14.8 Å². The Kier molecular flexibility index (Phi) is 4.35. The van der Waals surface area contributed by atoms with Gasteiger partial charge in [-0.15, -0.1) is 0 Å². The van der Waals surface area contributed by atoms with E-state index in [9.17, 15) is 18.5 Å². The van der Waals surface area contributed by atoms with Crippen LogP contribution in [0.15, 0.2) is 0 Å². The first-order valence-corrected chi connectivity index (χ1v) is 8.61. The zero-order valence-corrected chi connectivity index (χ0v) is 12.2. The largest absolute Gasteiger partial charge is 0.481 e. The number of hydrogen-bond acceptors (Lipinski definition) is 4. The molecule has 1 unspecified atom stereocenters. The highest BCUT2D eigenvalue weighted by Crippen LogP contribution is 2.38. The molecule has 1 atom stereocenters. The average molecular weight is 300 g/mol. The zero-order chi connectivity index (χ0) is 14.8. The van der Waals surface area contributed by atoms with E-state index >= 15 is 0 Å². The lowest BCUT2D eigenvalue weighted by atomic mass is 9.77. The van der Waals surface area contributed by atoms with E-state index < -0.39 is 27.3 Å². The van der Waals surface area contributed by atoms with Crippen molar-refractivity contribution in [2.45, 2.75) is 38.5 Å². The number of nitrogens with zero attached hydrogens (tertiary/aromatic N) is 2. The molecule has 2 aliphatic rings. The van der Waals surface area contributed by atoms with Crippen molar-refractivity contribution in [2.24, 2.45) is 11.3 Å². The van der Waals surface area contributed by atoms with E-state index in [1.54, 1.807) is 0 Å². The van der Waals surface area contributed by atoms with Crippen LogP contribution in [0.25, 0.3) is 0 Å². The lowest BCUT2D eigenvalue weighted by Crippen LogP contribution is -2.39. The molecule has 2 rings (SSSR count). The van der Waals surface area contributed by atoms with Gasteiger partial charge in [0.1, 0.15) is 0 Å². The fourth-order valence-corrected chi connectivity index (χ4v) is 5.16. The van der Waals surface area contributed by atoms with Crippen LogP contribution in [0, 0.1) is 22.7 Å². The van der Waals surface area contributed by atoms with Crippen LogP contribution in [0.3, 0.4) is 0 Å². The Balaban J connectivity index is 2.08. The molecular weight excluding hydrogens is 280 g/mol. The minimum absolute atomic E-state index is 0.0408. The standard InChI is InChI=1S/C13H20N2O4S/c14-9-13(5-2-1-3-6-13)10-20(18,19)15-7-4-11(8-15)12(16)17/h11H,1-8,10H2,(H,16,17). The molecule has 0 amide bonds. The molecule has 1 aliphatic carbocycles. The molecule has 2 fully saturated rings. The molecule has 112 valence electrons. The summed E-state index contributed by atoms with van der Waals surface area (Å²) in [6.07, 6.45) is 4.43. The van der Waals surface area contributed by atoms with Crippen LogP contribution < -0.4 is 0 Å². The molecule has 0 aromatic heterocycles. The lowest BCUT2D eigenvalue weighted by Gasteiger charge is -2.31. The molecule has 0 radical (unpaired) electrons. The summed E-state index contributed by atoms with van der Waals surface area (Å²) in [5.41, 5.74) is -0.779. The highest BCUT2D eigenvalue weighted by Gasteiger charge is 2.42. The highest BCUT2D eigenvalue weighted by molar-refractivity contribution is 7.89. The number of carboxylic acids is 1. The van der Waals surface area contributed by atoms with Crippen LogP contribution in [0.1, 0.15) is 38.5 Å². The Hall–Kier alpha value is -1.13. The molecule has 6 nitrogen and oxygen atoms in total. The topological polar surface area (TPSA) is 98.5 Å². The highest BCUT2D eigenvalue weighted by atomic mass is 32.2. The maximum Gasteiger partial charge on any atom is 0.307 e. The van der Waals surface area contributed by atoms with E-state index in [4.69, 9.17) is 5.11 Å². The van der Waals surface area contributed by atoms with Crippen LogP contribution in [0.5, 0.6) is 0 Å². The first-order valence-electron chi connectivity index (χ1n) is 7.00. The van der Waals surface area contributed by atoms with Crippen molar-refractivity contribution in [2.75, 3.05) is 18.8 Å². The van der Waals surface area contributed by atoms with Gasteiger partial charge in [0.25, 0.3) is 0 Å². The zero-order valence-electron chi connectivity index (χ0n) is 11.4. The van der Waals surface area contributed by atoms with E-state index in [0.717, 1.165) is 19.3 Å². The van der Waals surface area contributed by atoms with Crippen molar-refractivity contribution in [1.82, 2.24) is 4.31 Å². The third-order valence-electron chi connectivity index (χ3n) is 4.40. The van der Waals surface area contributed by atoms with Crippen molar-refractivity contribution < 1.29 is 18.3 Å². The van der Waals surface area contributed by atoms with Crippen molar-refractivity contribution in [1.29, 1.82) is 5.26 Å². The number of carboxylic acid groups (broad SMARTS) is 1. The number of rotatable bonds is 4. The van der Waals surface area contributed by atoms with Gasteiger partial charge in [0.15, 0.2) is 0 Å². The molecule has 20 heavy (non-hydrogen) atoms. The predicted molar refractivity (Wildman–Crippen MR) is 72.2 cm³/mol. The smallest absolute Gasteiger partial charge is 0.307 e. The molecule has 0 aromatic rings. The first-order chi connectivity index (χ1) is 9.38. The number of sulfonamides is 1. The fourth-order valence-electron chi connectivity index (χ4n) is 3.14. The Bertz CT molecular complexity index is 517. The fraction of sp³-hybridized carbons (Fsp3) is 0.846. The number of nitriles is 1. The molecule has 0 bridgehead atoms. The number of carbonyl (C=O) groups is 1. The Morgan fingerprint density at radius 2 is 2.00 bits per heavy atom. The molecular formula is C13H20N2O4S. The summed E-state index contributed by atoms with van der Waals surface area (Å²) in [6, 6.07) is 2.21. The van der Waals surface area contributed by atoms with E-state index in [-0.39, 0.29) is 18.8 Å². The summed E-state index contributed by atoms with van der Waals surface area (Å²) in [6.45, 7) is 0.292. The molecule has 1 heterocycles. The van der Waals surface area contributed by atoms with Gasteiger partial charge in [0.2, 0.25) is 10.0 Å². The third-order valence-corrected chi connectivity index (χ3v) is 6.44. The Morgan fingerprint density at radius 3 is 2.50 bits per heavy atom. The summed E-state index contributed by atoms with van der Waals surface area (Å²) < 4.78 is 26.1. The molecule has 1 saturated carbocycles. The number of aliphatic carboxylic acids is 1. The second-order valence-electron chi connectivity index (χ2n) is 5.89. The first kappa shape index (κ1) is 15.3. The quantitative estimate of drug-likeness (QED) is 0.841. The van der Waals surface area contributed by atoms with Crippen LogP contribution in [0.4, 0.5) is 0 Å². The summed E-state index contributed by atoms with van der Waals surface area (Å²) in [7, 11) is -3.55. The van der Waals surface area contributed by atoms with E-state index in [1.165, 1.54) is 4.31 Å². The summed E-state index contributed by atoms with van der Waals surface area (Å²) in [5.74, 6) is -1.73. The van der Waals surface area contributed by atoms with Gasteiger partial charge in [-0.3, -0.25) is 4.79 Å². The third kappa shape index (κ3) is 3.13. The lowest BCUT2D eigenvalue weighted by molar-refractivity contribution is -0.141.